The van der Waals surface area contributed by atoms with E-state index in [1.807, 2.05) is 0 Å². The van der Waals surface area contributed by atoms with E-state index in [0.717, 1.165) is 0 Å². The number of rotatable bonds is 0. The zero-order valence-corrected chi connectivity index (χ0v) is 4.86. The summed E-state index contributed by atoms with van der Waals surface area (Å²) in [7, 11) is 0. The summed E-state index contributed by atoms with van der Waals surface area (Å²) in [5.74, 6) is 0. The molecule has 0 saturated heterocycles. The molecule has 0 aromatic heterocycles. The molecule has 0 atom stereocenters. The van der Waals surface area contributed by atoms with Crippen LogP contribution in [0.15, 0.2) is 0 Å². The molecule has 1 radical (unpaired) electrons. The van der Waals surface area contributed by atoms with E-state index in [4.69, 9.17) is 0 Å². The predicted octanol–water partition coefficient (Wildman–Crippen LogP) is -0.238. The largest absolute Gasteiger partial charge is 3.00 e. The zero-order chi connectivity index (χ0) is 0. The molecule has 0 rings (SSSR count). The zero-order valence-electron chi connectivity index (χ0n) is 1.36. The monoisotopic (exact) mass is 375 g/mol. The van der Waals surface area contributed by atoms with Gasteiger partial charge in [-0.2, -0.15) is 0 Å². The summed E-state index contributed by atoms with van der Waals surface area (Å²) >= 11 is 0. The summed E-state index contributed by atoms with van der Waals surface area (Å²) in [6.07, 6.45) is 0. The molecule has 37 valence electrons. The molecule has 0 aliphatic heterocycles. The van der Waals surface area contributed by atoms with E-state index in [2.05, 4.69) is 0 Å². The van der Waals surface area contributed by atoms with Crippen molar-refractivity contribution < 1.29 is 94.8 Å². The van der Waals surface area contributed by atoms with Crippen LogP contribution in [0.1, 0.15) is 0 Å². The van der Waals surface area contributed by atoms with E-state index in [-0.39, 0.29) is 94.8 Å². The standard InChI is InChI=1S/2O.Tm.Yb/q2*-2;2*+3. The average molecular weight is 374 g/mol. The summed E-state index contributed by atoms with van der Waals surface area (Å²) < 4.78 is 0. The molecule has 0 unspecified atom stereocenters. The van der Waals surface area contributed by atoms with Gasteiger partial charge >= 0.3 is 83.8 Å². The van der Waals surface area contributed by atoms with E-state index in [0.29, 0.717) is 0 Å². The molecule has 4 heteroatoms. The van der Waals surface area contributed by atoms with Gasteiger partial charge in [-0.15, -0.1) is 0 Å². The summed E-state index contributed by atoms with van der Waals surface area (Å²) in [6.45, 7) is 0. The van der Waals surface area contributed by atoms with Gasteiger partial charge < -0.3 is 11.0 Å². The van der Waals surface area contributed by atoms with Crippen molar-refractivity contribution in [3.05, 3.63) is 0 Å². The van der Waals surface area contributed by atoms with Gasteiger partial charge in [-0.25, -0.2) is 0 Å². The first-order valence-corrected chi connectivity index (χ1v) is 0. The van der Waals surface area contributed by atoms with Gasteiger partial charge in [0.1, 0.15) is 0 Å². The first-order valence-electron chi connectivity index (χ1n) is 0. The third kappa shape index (κ3) is 8.82. The first kappa shape index (κ1) is 30.1. The molecule has 0 aliphatic carbocycles. The second-order valence-electron chi connectivity index (χ2n) is 0. The minimum atomic E-state index is 0. The Morgan fingerprint density at radius 1 is 0.750 bits per heavy atom. The van der Waals surface area contributed by atoms with E-state index < -0.39 is 0 Å². The Morgan fingerprint density at radius 2 is 0.750 bits per heavy atom. The normalized spacial score (nSPS) is 0. The van der Waals surface area contributed by atoms with Crippen molar-refractivity contribution in [2.24, 2.45) is 0 Å². The minimum absolute atomic E-state index is 0. The van der Waals surface area contributed by atoms with Crippen molar-refractivity contribution in [2.75, 3.05) is 0 Å². The van der Waals surface area contributed by atoms with Crippen LogP contribution in [0, 0.1) is 83.8 Å². The smallest absolute Gasteiger partial charge is 2.00 e. The molecular formula is O2TmYb+2. The number of hydrogen-bond acceptors (Lipinski definition) is 0. The van der Waals surface area contributed by atoms with Crippen LogP contribution in [-0.2, 0) is 11.0 Å². The van der Waals surface area contributed by atoms with Gasteiger partial charge in [0.15, 0.2) is 0 Å². The molecule has 0 fully saturated rings. The van der Waals surface area contributed by atoms with Crippen LogP contribution >= 0.6 is 0 Å². The van der Waals surface area contributed by atoms with Crippen molar-refractivity contribution >= 4 is 0 Å². The quantitative estimate of drug-likeness (QED) is 0.563. The first-order chi connectivity index (χ1) is 0. The van der Waals surface area contributed by atoms with Crippen molar-refractivity contribution in [1.82, 2.24) is 0 Å². The van der Waals surface area contributed by atoms with Crippen LogP contribution in [-0.4, -0.2) is 0 Å². The van der Waals surface area contributed by atoms with E-state index in [1.165, 1.54) is 0 Å². The summed E-state index contributed by atoms with van der Waals surface area (Å²) in [5, 5.41) is 0. The molecule has 0 bridgehead atoms. The molecule has 0 aliphatic rings. The molecular weight excluding hydrogens is 374 g/mol. The molecule has 0 N–H and O–H groups in total. The molecule has 0 heterocycles. The van der Waals surface area contributed by atoms with E-state index >= 15 is 0 Å². The summed E-state index contributed by atoms with van der Waals surface area (Å²) in [4.78, 5) is 0. The fraction of sp³-hybridized carbons (Fsp3) is 0. The Kier molecular flexibility index (Phi) is 130. The van der Waals surface area contributed by atoms with Crippen molar-refractivity contribution in [3.8, 4) is 0 Å². The second-order valence-corrected chi connectivity index (χ2v) is 0. The minimum Gasteiger partial charge on any atom is -2.00 e. The van der Waals surface area contributed by atoms with Crippen LogP contribution in [0.4, 0.5) is 0 Å². The topological polar surface area (TPSA) is 57.0 Å². The maximum Gasteiger partial charge on any atom is 3.00 e. The molecule has 0 spiro atoms. The van der Waals surface area contributed by atoms with Gasteiger partial charge in [-0.05, 0) is 0 Å². The average Bonchev–Trinajstić information content (AvgIpc) is 0. The van der Waals surface area contributed by atoms with Gasteiger partial charge in [0.2, 0.25) is 0 Å². The van der Waals surface area contributed by atoms with Crippen molar-refractivity contribution in [2.45, 2.75) is 0 Å². The summed E-state index contributed by atoms with van der Waals surface area (Å²) in [5.41, 5.74) is 0. The summed E-state index contributed by atoms with van der Waals surface area (Å²) in [6, 6.07) is 0. The maximum absolute atomic E-state index is 0. The third-order valence-corrected chi connectivity index (χ3v) is 0. The second kappa shape index (κ2) is 17.3. The Morgan fingerprint density at radius 3 is 0.750 bits per heavy atom. The SMILES string of the molecule is [O-2].[O-2].[Tm+3].[Yb+3]. The molecule has 0 aromatic carbocycles. The van der Waals surface area contributed by atoms with Crippen LogP contribution in [0.2, 0.25) is 0 Å². The van der Waals surface area contributed by atoms with Crippen molar-refractivity contribution in [3.63, 3.8) is 0 Å². The molecule has 0 aromatic rings. The van der Waals surface area contributed by atoms with Crippen LogP contribution in [0.3, 0.4) is 0 Å². The fourth-order valence-corrected chi connectivity index (χ4v) is 0. The van der Waals surface area contributed by atoms with Crippen molar-refractivity contribution in [1.29, 1.82) is 0 Å². The Labute approximate surface area is 92.4 Å². The Balaban J connectivity index is 0. The van der Waals surface area contributed by atoms with Crippen LogP contribution in [0.25, 0.3) is 0 Å². The predicted molar refractivity (Wildman–Crippen MR) is 1.37 cm³/mol. The Hall–Kier alpha value is 2.67. The van der Waals surface area contributed by atoms with Crippen LogP contribution in [0.5, 0.6) is 0 Å². The van der Waals surface area contributed by atoms with Gasteiger partial charge in [0.05, 0.1) is 0 Å². The van der Waals surface area contributed by atoms with Gasteiger partial charge in [0.25, 0.3) is 0 Å². The molecule has 0 saturated carbocycles. The van der Waals surface area contributed by atoms with Gasteiger partial charge in [0, 0.05) is 0 Å². The van der Waals surface area contributed by atoms with Gasteiger partial charge in [-0.3, -0.25) is 0 Å². The third-order valence-electron chi connectivity index (χ3n) is 0. The number of hydrogen-bond donors (Lipinski definition) is 0. The maximum atomic E-state index is 0. The molecule has 2 nitrogen and oxygen atoms in total. The fourth-order valence-electron chi connectivity index (χ4n) is 0. The van der Waals surface area contributed by atoms with E-state index in [1.54, 1.807) is 0 Å². The molecule has 4 heavy (non-hydrogen) atoms. The molecule has 0 amide bonds. The van der Waals surface area contributed by atoms with E-state index in [9.17, 15) is 0 Å². The Bertz CT molecular complexity index is 6.00. The van der Waals surface area contributed by atoms with Crippen LogP contribution < -0.4 is 0 Å². The van der Waals surface area contributed by atoms with Gasteiger partial charge in [-0.1, -0.05) is 0 Å².